The van der Waals surface area contributed by atoms with E-state index in [1.807, 2.05) is 38.8 Å². The molecule has 1 heterocycles. The third-order valence-electron chi connectivity index (χ3n) is 6.89. The molecule has 1 aliphatic rings. The van der Waals surface area contributed by atoms with Crippen molar-refractivity contribution in [3.8, 4) is 17.2 Å². The molecule has 0 aromatic heterocycles. The summed E-state index contributed by atoms with van der Waals surface area (Å²) in [7, 11) is 4.69. The zero-order chi connectivity index (χ0) is 29.8. The van der Waals surface area contributed by atoms with Gasteiger partial charge in [-0.05, 0) is 42.0 Å². The number of Topliss-reactive ketones (excluding diaryl/α,β-unsaturated/α-hetero) is 1. The summed E-state index contributed by atoms with van der Waals surface area (Å²) in [6, 6.07) is 5.25. The van der Waals surface area contributed by atoms with Crippen LogP contribution in [0.1, 0.15) is 74.0 Å². The Balaban J connectivity index is 1.97. The molecule has 0 radical (unpaired) electrons. The van der Waals surface area contributed by atoms with Crippen molar-refractivity contribution in [3.05, 3.63) is 46.3 Å². The molecule has 0 amide bonds. The number of carboxylic acids is 1. The Bertz CT molecular complexity index is 1290. The second-order valence-electron chi connectivity index (χ2n) is 11.0. The minimum Gasteiger partial charge on any atom is -0.493 e. The number of nitrogens with zero attached hydrogens (tertiary/aromatic N) is 2. The van der Waals surface area contributed by atoms with Gasteiger partial charge >= 0.3 is 5.97 Å². The van der Waals surface area contributed by atoms with Crippen molar-refractivity contribution in [2.45, 2.75) is 58.9 Å². The maximum atomic E-state index is 15.2. The average molecular weight is 558 g/mol. The molecule has 0 saturated heterocycles. The highest BCUT2D eigenvalue weighted by molar-refractivity contribution is 6.06. The molecule has 0 fully saturated rings. The van der Waals surface area contributed by atoms with Crippen molar-refractivity contribution >= 4 is 23.3 Å². The number of amidine groups is 1. The number of nitrogens with one attached hydrogen (secondary N) is 1. The molecule has 2 aromatic carbocycles. The molecule has 0 spiro atoms. The Morgan fingerprint density at radius 2 is 1.85 bits per heavy atom. The van der Waals surface area contributed by atoms with Gasteiger partial charge in [-0.3, -0.25) is 15.0 Å². The summed E-state index contributed by atoms with van der Waals surface area (Å²) in [5.41, 5.74) is 2.30. The maximum absolute atomic E-state index is 15.2. The number of halogens is 1. The molecule has 0 unspecified atom stereocenters. The molecule has 0 bridgehead atoms. The third kappa shape index (κ3) is 6.48. The van der Waals surface area contributed by atoms with Crippen molar-refractivity contribution < 1.29 is 33.3 Å². The first-order chi connectivity index (χ1) is 18.8. The lowest BCUT2D eigenvalue weighted by Gasteiger charge is -2.30. The molecule has 1 aliphatic heterocycles. The van der Waals surface area contributed by atoms with Crippen LogP contribution >= 0.6 is 0 Å². The van der Waals surface area contributed by atoms with Crippen LogP contribution < -0.4 is 19.1 Å². The second-order valence-corrected chi connectivity index (χ2v) is 11.0. The highest BCUT2D eigenvalue weighted by atomic mass is 19.1. The lowest BCUT2D eigenvalue weighted by molar-refractivity contribution is -0.137. The standard InChI is InChI=1S/C30H40FN3O6/c1-8-11-33(5)21-14-18(13-20(30(2,3)4)27(21)40-12-9-10-24(36)37)22(35)17-34-16-19-15-23(38-6)28(39-7)26(31)25(19)29(34)32/h13-15,32H,8-12,16-17H2,1-7H3,(H,36,37). The van der Waals surface area contributed by atoms with E-state index >= 15 is 4.39 Å². The Morgan fingerprint density at radius 3 is 2.42 bits per heavy atom. The van der Waals surface area contributed by atoms with Gasteiger partial charge in [-0.15, -0.1) is 0 Å². The lowest BCUT2D eigenvalue weighted by atomic mass is 9.84. The van der Waals surface area contributed by atoms with Gasteiger partial charge in [0.2, 0.25) is 0 Å². The monoisotopic (exact) mass is 557 g/mol. The molecule has 0 saturated carbocycles. The summed E-state index contributed by atoms with van der Waals surface area (Å²) < 4.78 is 31.8. The van der Waals surface area contributed by atoms with E-state index in [0.29, 0.717) is 23.3 Å². The Kier molecular flexibility index (Phi) is 9.65. The normalized spacial score (nSPS) is 12.8. The number of carbonyl (C=O) groups is 2. The number of carbonyl (C=O) groups excluding carboxylic acids is 1. The predicted molar refractivity (Wildman–Crippen MR) is 152 cm³/mol. The topological polar surface area (TPSA) is 112 Å². The summed E-state index contributed by atoms with van der Waals surface area (Å²) in [4.78, 5) is 28.2. The van der Waals surface area contributed by atoms with Crippen LogP contribution in [0.2, 0.25) is 0 Å². The van der Waals surface area contributed by atoms with Crippen molar-refractivity contribution in [3.63, 3.8) is 0 Å². The van der Waals surface area contributed by atoms with Crippen molar-refractivity contribution in [1.29, 1.82) is 5.41 Å². The molecule has 2 aromatic rings. The molecule has 40 heavy (non-hydrogen) atoms. The van der Waals surface area contributed by atoms with E-state index in [-0.39, 0.29) is 60.2 Å². The fourth-order valence-corrected chi connectivity index (χ4v) is 4.84. The summed E-state index contributed by atoms with van der Waals surface area (Å²) >= 11 is 0. The Labute approximate surface area is 235 Å². The van der Waals surface area contributed by atoms with Gasteiger partial charge in [-0.25, -0.2) is 4.39 Å². The highest BCUT2D eigenvalue weighted by Gasteiger charge is 2.33. The van der Waals surface area contributed by atoms with Crippen molar-refractivity contribution in [2.75, 3.05) is 45.9 Å². The number of hydrogen-bond acceptors (Lipinski definition) is 7. The number of methoxy groups -OCH3 is 2. The average Bonchev–Trinajstić information content (AvgIpc) is 3.20. The minimum absolute atomic E-state index is 0.00405. The van der Waals surface area contributed by atoms with Gasteiger partial charge in [0.25, 0.3) is 0 Å². The number of carboxylic acid groups (broad SMARTS) is 1. The molecule has 9 nitrogen and oxygen atoms in total. The molecule has 218 valence electrons. The Morgan fingerprint density at radius 1 is 1.15 bits per heavy atom. The highest BCUT2D eigenvalue weighted by Crippen LogP contribution is 2.41. The van der Waals surface area contributed by atoms with E-state index in [9.17, 15) is 9.59 Å². The van der Waals surface area contributed by atoms with E-state index in [4.69, 9.17) is 24.7 Å². The van der Waals surface area contributed by atoms with Crippen LogP contribution in [0.5, 0.6) is 17.2 Å². The van der Waals surface area contributed by atoms with Gasteiger partial charge in [-0.1, -0.05) is 27.7 Å². The van der Waals surface area contributed by atoms with E-state index in [2.05, 4.69) is 6.92 Å². The van der Waals surface area contributed by atoms with Crippen LogP contribution in [0.4, 0.5) is 10.1 Å². The number of benzene rings is 2. The van der Waals surface area contributed by atoms with Crippen LogP contribution in [0, 0.1) is 11.2 Å². The molecule has 3 rings (SSSR count). The number of anilines is 1. The Hall–Kier alpha value is -3.82. The fraction of sp³-hybridized carbons (Fsp3) is 0.500. The van der Waals surface area contributed by atoms with Crippen LogP contribution in [0.15, 0.2) is 18.2 Å². The molecule has 2 N–H and O–H groups in total. The zero-order valence-electron chi connectivity index (χ0n) is 24.4. The number of ether oxygens (including phenoxy) is 3. The quantitative estimate of drug-likeness (QED) is 0.254. The fourth-order valence-electron chi connectivity index (χ4n) is 4.84. The maximum Gasteiger partial charge on any atom is 0.303 e. The molecular weight excluding hydrogens is 517 g/mol. The number of ketones is 1. The number of aliphatic carboxylic acids is 1. The first-order valence-electron chi connectivity index (χ1n) is 13.4. The van der Waals surface area contributed by atoms with Crippen LogP contribution in [0.3, 0.4) is 0 Å². The summed E-state index contributed by atoms with van der Waals surface area (Å²) in [6.07, 6.45) is 1.24. The van der Waals surface area contributed by atoms with Gasteiger partial charge in [0.15, 0.2) is 23.1 Å². The van der Waals surface area contributed by atoms with Gasteiger partial charge in [0.05, 0.1) is 38.6 Å². The summed E-state index contributed by atoms with van der Waals surface area (Å²) in [6.45, 7) is 9.18. The van der Waals surface area contributed by atoms with E-state index in [1.165, 1.54) is 19.1 Å². The van der Waals surface area contributed by atoms with Gasteiger partial charge < -0.3 is 29.1 Å². The lowest BCUT2D eigenvalue weighted by Crippen LogP contribution is -2.31. The van der Waals surface area contributed by atoms with E-state index in [0.717, 1.165) is 24.2 Å². The molecule has 0 atom stereocenters. The number of rotatable bonds is 13. The first kappa shape index (κ1) is 30.7. The van der Waals surface area contributed by atoms with Crippen LogP contribution in [-0.4, -0.2) is 68.6 Å². The van der Waals surface area contributed by atoms with Crippen LogP contribution in [0.25, 0.3) is 0 Å². The number of hydrogen-bond donors (Lipinski definition) is 2. The van der Waals surface area contributed by atoms with Crippen molar-refractivity contribution in [1.82, 2.24) is 4.90 Å². The SMILES string of the molecule is CCCN(C)c1cc(C(=O)CN2Cc3cc(OC)c(OC)c(F)c3C2=N)cc(C(C)(C)C)c1OCCCC(=O)O. The molecule has 0 aliphatic carbocycles. The largest absolute Gasteiger partial charge is 0.493 e. The molecule has 10 heteroatoms. The van der Waals surface area contributed by atoms with E-state index < -0.39 is 11.8 Å². The third-order valence-corrected chi connectivity index (χ3v) is 6.89. The first-order valence-corrected chi connectivity index (χ1v) is 13.4. The van der Waals surface area contributed by atoms with Gasteiger partial charge in [0.1, 0.15) is 11.6 Å². The zero-order valence-corrected chi connectivity index (χ0v) is 24.4. The van der Waals surface area contributed by atoms with Gasteiger partial charge in [-0.2, -0.15) is 0 Å². The predicted octanol–water partition coefficient (Wildman–Crippen LogP) is 5.25. The van der Waals surface area contributed by atoms with E-state index in [1.54, 1.807) is 12.1 Å². The minimum atomic E-state index is -0.879. The van der Waals surface area contributed by atoms with Gasteiger partial charge in [0, 0.05) is 37.7 Å². The van der Waals surface area contributed by atoms with Crippen molar-refractivity contribution in [2.24, 2.45) is 0 Å². The molecular formula is C30H40FN3O6. The number of fused-ring (bicyclic) bond motifs is 1. The van der Waals surface area contributed by atoms with Crippen LogP contribution in [-0.2, 0) is 16.8 Å². The smallest absolute Gasteiger partial charge is 0.303 e. The second kappa shape index (κ2) is 12.6. The summed E-state index contributed by atoms with van der Waals surface area (Å²) in [5, 5.41) is 17.6. The summed E-state index contributed by atoms with van der Waals surface area (Å²) in [5.74, 6) is -1.07.